The maximum absolute atomic E-state index is 13.7. The number of hydrogen-bond donors (Lipinski definition) is 0. The summed E-state index contributed by atoms with van der Waals surface area (Å²) in [6.45, 7) is 0. The Hall–Kier alpha value is -4.68. The molecule has 0 N–H and O–H groups in total. The van der Waals surface area contributed by atoms with Crippen LogP contribution in [0, 0.1) is 69.1 Å². The van der Waals surface area contributed by atoms with Crippen LogP contribution in [0.1, 0.15) is 0 Å². The first-order valence-corrected chi connectivity index (χ1v) is 6.94. The molecule has 12 heteroatoms. The molecule has 0 aliphatic rings. The molecule has 0 bridgehead atoms. The Balaban J connectivity index is 3.01. The Morgan fingerprint density at radius 1 is 0.500 bits per heavy atom. The van der Waals surface area contributed by atoms with Gasteiger partial charge in [-0.3, -0.25) is 0 Å². The summed E-state index contributed by atoms with van der Waals surface area (Å²) < 4.78 is 54.8. The molecule has 132 valence electrons. The number of rotatable bonds is 0. The lowest BCUT2D eigenvalue weighted by molar-refractivity contribution is 0.457. The molecule has 0 spiro atoms. The molecular weight excluding hydrogens is 380 g/mol. The fraction of sp³-hybridized carbons (Fsp3) is 0. The molecule has 0 atom stereocenters. The molecule has 0 aliphatic heterocycles. The van der Waals surface area contributed by atoms with E-state index in [-0.39, 0.29) is 0 Å². The Morgan fingerprint density at radius 3 is 0.893 bits per heavy atom. The zero-order chi connectivity index (χ0) is 20.6. The molecule has 0 fully saturated rings. The molecule has 3 rings (SSSR count). The monoisotopic (exact) mass is 380 g/mol. The number of nitriles is 4. The van der Waals surface area contributed by atoms with Gasteiger partial charge in [-0.1, -0.05) is 0 Å². The third-order valence-corrected chi connectivity index (χ3v) is 3.52. The molecule has 1 aromatic carbocycles. The van der Waals surface area contributed by atoms with Crippen molar-refractivity contribution in [1.29, 1.82) is 21.0 Å². The van der Waals surface area contributed by atoms with Crippen LogP contribution in [0.2, 0.25) is 0 Å². The first-order valence-electron chi connectivity index (χ1n) is 6.94. The second-order valence-corrected chi connectivity index (χ2v) is 4.95. The maximum Gasteiger partial charge on any atom is 0.269 e. The normalized spacial score (nSPS) is 10.0. The minimum absolute atomic E-state index is 0.605. The largest absolute Gasteiger partial charge is 0.269 e. The van der Waals surface area contributed by atoms with E-state index in [1.165, 1.54) is 24.3 Å². The molecule has 0 saturated carbocycles. The first kappa shape index (κ1) is 18.1. The van der Waals surface area contributed by atoms with Gasteiger partial charge < -0.3 is 0 Å². The van der Waals surface area contributed by atoms with Crippen molar-refractivity contribution in [3.8, 4) is 24.3 Å². The van der Waals surface area contributed by atoms with Crippen molar-refractivity contribution in [2.75, 3.05) is 0 Å². The Labute approximate surface area is 151 Å². The summed E-state index contributed by atoms with van der Waals surface area (Å²) >= 11 is 0. The molecule has 0 unspecified atom stereocenters. The quantitative estimate of drug-likeness (QED) is 0.405. The van der Waals surface area contributed by atoms with Crippen LogP contribution in [0.3, 0.4) is 0 Å². The lowest BCUT2D eigenvalue weighted by Crippen LogP contribution is -2.24. The van der Waals surface area contributed by atoms with Gasteiger partial charge in [-0.25, -0.2) is 19.9 Å². The Kier molecular flexibility index (Phi) is 4.25. The van der Waals surface area contributed by atoms with Gasteiger partial charge in [-0.15, -0.1) is 0 Å². The van der Waals surface area contributed by atoms with Crippen LogP contribution >= 0.6 is 0 Å². The molecule has 0 radical (unpaired) electrons. The molecule has 2 heterocycles. The molecule has 8 nitrogen and oxygen atoms in total. The van der Waals surface area contributed by atoms with E-state index in [1.807, 2.05) is 0 Å². The van der Waals surface area contributed by atoms with Gasteiger partial charge in [0, 0.05) is 0 Å². The van der Waals surface area contributed by atoms with E-state index in [1.54, 1.807) is 0 Å². The lowest BCUT2D eigenvalue weighted by Gasteiger charge is -2.06. The smallest absolute Gasteiger partial charge is 0.213 e. The number of fused-ring (bicyclic) bond motifs is 2. The summed E-state index contributed by atoms with van der Waals surface area (Å²) in [6, 6.07) is 5.79. The molecule has 2 aromatic heterocycles. The second-order valence-electron chi connectivity index (χ2n) is 4.95. The van der Waals surface area contributed by atoms with Crippen LogP contribution in [-0.2, 0) is 0 Å². The van der Waals surface area contributed by atoms with Gasteiger partial charge in [-0.05, 0) is 0 Å². The number of nitrogens with zero attached hydrogens (tertiary/aromatic N) is 8. The minimum Gasteiger partial charge on any atom is -0.213 e. The van der Waals surface area contributed by atoms with Crippen molar-refractivity contribution in [2.24, 2.45) is 0 Å². The predicted octanol–water partition coefficient (Wildman–Crippen LogP) is 0.525. The predicted molar refractivity (Wildman–Crippen MR) is 81.0 cm³/mol. The fourth-order valence-corrected chi connectivity index (χ4v) is 2.46. The SMILES string of the molecule is N#CC(C#N)=c1c2nc(F)c(F)nc2c(=C(C#N)C#N)c2nc(F)c(F)nc12. The van der Waals surface area contributed by atoms with E-state index in [9.17, 15) is 17.6 Å². The summed E-state index contributed by atoms with van der Waals surface area (Å²) in [5.41, 5.74) is -4.19. The third kappa shape index (κ3) is 2.50. The zero-order valence-electron chi connectivity index (χ0n) is 13.1. The van der Waals surface area contributed by atoms with Gasteiger partial charge in [0.05, 0.1) is 10.4 Å². The average Bonchev–Trinajstić information content (AvgIpc) is 2.68. The summed E-state index contributed by atoms with van der Waals surface area (Å²) in [4.78, 5) is 13.0. The lowest BCUT2D eigenvalue weighted by atomic mass is 10.0. The van der Waals surface area contributed by atoms with E-state index in [0.717, 1.165) is 0 Å². The number of halogens is 4. The van der Waals surface area contributed by atoms with Crippen molar-refractivity contribution in [3.63, 3.8) is 0 Å². The van der Waals surface area contributed by atoms with Crippen molar-refractivity contribution in [3.05, 3.63) is 34.2 Å². The fourth-order valence-electron chi connectivity index (χ4n) is 2.46. The number of benzene rings is 1. The highest BCUT2D eigenvalue weighted by molar-refractivity contribution is 6.00. The topological polar surface area (TPSA) is 147 Å². The highest BCUT2D eigenvalue weighted by atomic mass is 19.2. The van der Waals surface area contributed by atoms with E-state index < -0.39 is 67.4 Å². The first-order chi connectivity index (χ1) is 13.4. The number of hydrogen-bond acceptors (Lipinski definition) is 8. The van der Waals surface area contributed by atoms with Crippen molar-refractivity contribution in [2.45, 2.75) is 0 Å². The molecule has 0 amide bonds. The van der Waals surface area contributed by atoms with Crippen molar-refractivity contribution < 1.29 is 17.6 Å². The van der Waals surface area contributed by atoms with Crippen molar-refractivity contribution in [1.82, 2.24) is 19.9 Å². The van der Waals surface area contributed by atoms with Gasteiger partial charge in [0.1, 0.15) is 57.5 Å². The average molecular weight is 380 g/mol. The van der Waals surface area contributed by atoms with Crippen LogP contribution in [-0.4, -0.2) is 19.9 Å². The summed E-state index contributed by atoms with van der Waals surface area (Å²) in [5.74, 6) is -6.94. The van der Waals surface area contributed by atoms with E-state index in [2.05, 4.69) is 19.9 Å². The highest BCUT2D eigenvalue weighted by Gasteiger charge is 2.21. The molecule has 3 aromatic rings. The van der Waals surface area contributed by atoms with E-state index in [4.69, 9.17) is 21.0 Å². The van der Waals surface area contributed by atoms with Gasteiger partial charge >= 0.3 is 0 Å². The summed E-state index contributed by atoms with van der Waals surface area (Å²) in [5, 5.41) is 35.5. The molecular formula is C16F4N8. The zero-order valence-corrected chi connectivity index (χ0v) is 13.1. The van der Waals surface area contributed by atoms with Crippen LogP contribution in [0.15, 0.2) is 0 Å². The van der Waals surface area contributed by atoms with Gasteiger partial charge in [0.15, 0.2) is 0 Å². The van der Waals surface area contributed by atoms with E-state index >= 15 is 0 Å². The van der Waals surface area contributed by atoms with Crippen LogP contribution in [0.25, 0.3) is 33.2 Å². The highest BCUT2D eigenvalue weighted by Crippen LogP contribution is 2.14. The number of aromatic nitrogens is 4. The summed E-state index contributed by atoms with van der Waals surface area (Å²) in [7, 11) is 0. The molecule has 0 aliphatic carbocycles. The van der Waals surface area contributed by atoms with Gasteiger partial charge in [-0.2, -0.15) is 38.6 Å². The Bertz CT molecular complexity index is 1280. The third-order valence-electron chi connectivity index (χ3n) is 3.52. The van der Waals surface area contributed by atoms with E-state index in [0.29, 0.717) is 0 Å². The standard InChI is InChI=1S/C16F4N8/c17-13-15(19)27-11-8(6(3-23)4-24)12-10(26-14(18)16(20)28-12)7(9(11)25-13)5(1-21)2-22. The van der Waals surface area contributed by atoms with Gasteiger partial charge in [0.2, 0.25) is 0 Å². The van der Waals surface area contributed by atoms with Crippen LogP contribution in [0.5, 0.6) is 0 Å². The van der Waals surface area contributed by atoms with Crippen LogP contribution < -0.4 is 10.4 Å². The van der Waals surface area contributed by atoms with Crippen molar-refractivity contribution >= 4 is 33.2 Å². The second kappa shape index (κ2) is 6.56. The minimum atomic E-state index is -1.74. The van der Waals surface area contributed by atoms with Crippen LogP contribution in [0.4, 0.5) is 17.6 Å². The maximum atomic E-state index is 13.7. The summed E-state index contributed by atoms with van der Waals surface area (Å²) in [6.07, 6.45) is 0. The Morgan fingerprint density at radius 2 is 0.714 bits per heavy atom. The van der Waals surface area contributed by atoms with Gasteiger partial charge in [0.25, 0.3) is 23.8 Å². The molecule has 28 heavy (non-hydrogen) atoms. The molecule has 0 saturated heterocycles.